The summed E-state index contributed by atoms with van der Waals surface area (Å²) >= 11 is 2.57. The molecule has 4 atom stereocenters. The van der Waals surface area contributed by atoms with Crippen LogP contribution in [0.3, 0.4) is 0 Å². The highest BCUT2D eigenvalue weighted by molar-refractivity contribution is 14.1. The van der Waals surface area contributed by atoms with E-state index >= 15 is 0 Å². The quantitative estimate of drug-likeness (QED) is 0.566. The monoisotopic (exact) mass is 386 g/mol. The van der Waals surface area contributed by atoms with E-state index in [2.05, 4.69) is 67.6 Å². The second-order valence-electron chi connectivity index (χ2n) is 6.69. The van der Waals surface area contributed by atoms with Crippen LogP contribution in [-0.4, -0.2) is 21.2 Å². The number of ether oxygens (including phenoxy) is 2. The van der Waals surface area contributed by atoms with Crippen LogP contribution in [0.1, 0.15) is 39.2 Å². The lowest BCUT2D eigenvalue weighted by Gasteiger charge is -2.35. The van der Waals surface area contributed by atoms with Crippen LogP contribution in [-0.2, 0) is 16.1 Å². The predicted molar refractivity (Wildman–Crippen MR) is 89.1 cm³/mol. The van der Waals surface area contributed by atoms with Crippen molar-refractivity contribution in [3.05, 3.63) is 35.9 Å². The van der Waals surface area contributed by atoms with Gasteiger partial charge in [-0.1, -0.05) is 66.8 Å². The molecule has 2 fully saturated rings. The minimum Gasteiger partial charge on any atom is -0.370 e. The molecule has 0 spiro atoms. The fraction of sp³-hybridized carbons (Fsp3) is 0.647. The van der Waals surface area contributed by atoms with Crippen LogP contribution in [0.5, 0.6) is 0 Å². The fourth-order valence-electron chi connectivity index (χ4n) is 3.66. The molecular weight excluding hydrogens is 363 g/mol. The number of alkyl halides is 1. The van der Waals surface area contributed by atoms with Gasteiger partial charge in [0, 0.05) is 10.3 Å². The van der Waals surface area contributed by atoms with Crippen molar-refractivity contribution < 1.29 is 9.47 Å². The Labute approximate surface area is 135 Å². The third-order valence-corrected chi connectivity index (χ3v) is 6.49. The Bertz CT molecular complexity index is 475. The van der Waals surface area contributed by atoms with Crippen molar-refractivity contribution in [1.82, 2.24) is 0 Å². The molecule has 0 amide bonds. The molecule has 2 aliphatic rings. The molecule has 0 saturated carbocycles. The van der Waals surface area contributed by atoms with E-state index in [1.165, 1.54) is 5.56 Å². The second kappa shape index (κ2) is 5.25. The first-order chi connectivity index (χ1) is 9.46. The topological polar surface area (TPSA) is 18.5 Å². The summed E-state index contributed by atoms with van der Waals surface area (Å²) in [7, 11) is 0. The molecule has 3 rings (SSSR count). The highest BCUT2D eigenvalue weighted by Crippen LogP contribution is 2.57. The summed E-state index contributed by atoms with van der Waals surface area (Å²) in [5.74, 6) is 0.538. The highest BCUT2D eigenvalue weighted by atomic mass is 127. The van der Waals surface area contributed by atoms with E-state index in [1.807, 2.05) is 6.07 Å². The smallest absolute Gasteiger partial charge is 0.0935 e. The molecule has 3 heteroatoms. The van der Waals surface area contributed by atoms with E-state index < -0.39 is 0 Å². The van der Waals surface area contributed by atoms with E-state index in [-0.39, 0.29) is 17.3 Å². The molecule has 110 valence electrons. The van der Waals surface area contributed by atoms with E-state index in [4.69, 9.17) is 9.47 Å². The Balaban J connectivity index is 1.71. The van der Waals surface area contributed by atoms with Crippen LogP contribution < -0.4 is 0 Å². The lowest BCUT2D eigenvalue weighted by molar-refractivity contribution is -0.0954. The van der Waals surface area contributed by atoms with Gasteiger partial charge < -0.3 is 9.47 Å². The van der Waals surface area contributed by atoms with Crippen LogP contribution in [0.25, 0.3) is 0 Å². The van der Waals surface area contributed by atoms with Crippen LogP contribution in [0, 0.1) is 5.92 Å². The Morgan fingerprint density at radius 3 is 2.60 bits per heavy atom. The molecule has 1 aromatic rings. The van der Waals surface area contributed by atoms with Gasteiger partial charge in [0.2, 0.25) is 0 Å². The van der Waals surface area contributed by atoms with Gasteiger partial charge in [0.25, 0.3) is 0 Å². The average Bonchev–Trinajstić information content (AvgIpc) is 2.85. The molecule has 20 heavy (non-hydrogen) atoms. The zero-order valence-corrected chi connectivity index (χ0v) is 14.6. The number of hydrogen-bond acceptors (Lipinski definition) is 2. The molecule has 0 unspecified atom stereocenters. The number of hydrogen-bond donors (Lipinski definition) is 0. The Morgan fingerprint density at radius 1 is 1.30 bits per heavy atom. The van der Waals surface area contributed by atoms with Gasteiger partial charge in [-0.05, 0) is 24.8 Å². The molecule has 0 radical (unpaired) electrons. The number of halogens is 1. The molecule has 2 heterocycles. The second-order valence-corrected chi connectivity index (χ2v) is 8.19. The first-order valence-corrected chi connectivity index (χ1v) is 8.71. The van der Waals surface area contributed by atoms with E-state index in [9.17, 15) is 0 Å². The van der Waals surface area contributed by atoms with Crippen LogP contribution >= 0.6 is 22.6 Å². The minimum absolute atomic E-state index is 0.0106. The standard InChI is InChI=1S/C17H23IO2/c1-12(2)17-10-15(16(3,20-17)9-14(17)18)19-11-13-7-5-4-6-8-13/h4-8,12,14-15H,9-11H2,1-3H3/t14-,15+,16-,17+/m0/s1. The van der Waals surface area contributed by atoms with Gasteiger partial charge in [0.1, 0.15) is 0 Å². The van der Waals surface area contributed by atoms with Gasteiger partial charge in [-0.3, -0.25) is 0 Å². The minimum atomic E-state index is -0.106. The van der Waals surface area contributed by atoms with Crippen LogP contribution in [0.15, 0.2) is 30.3 Å². The van der Waals surface area contributed by atoms with Crippen molar-refractivity contribution in [3.8, 4) is 0 Å². The summed E-state index contributed by atoms with van der Waals surface area (Å²) in [4.78, 5) is 0. The molecule has 2 nitrogen and oxygen atoms in total. The normalized spacial score (nSPS) is 39.6. The maximum atomic E-state index is 6.49. The van der Waals surface area contributed by atoms with Gasteiger partial charge in [-0.15, -0.1) is 0 Å². The molecule has 2 saturated heterocycles. The van der Waals surface area contributed by atoms with E-state index in [0.717, 1.165) is 12.8 Å². The largest absolute Gasteiger partial charge is 0.370 e. The van der Waals surface area contributed by atoms with Crippen molar-refractivity contribution in [1.29, 1.82) is 0 Å². The van der Waals surface area contributed by atoms with E-state index in [1.54, 1.807) is 0 Å². The van der Waals surface area contributed by atoms with Gasteiger partial charge in [-0.25, -0.2) is 0 Å². The third kappa shape index (κ3) is 2.32. The summed E-state index contributed by atoms with van der Waals surface area (Å²) < 4.78 is 13.3. The molecular formula is C17H23IO2. The fourth-order valence-corrected chi connectivity index (χ4v) is 5.64. The highest BCUT2D eigenvalue weighted by Gasteiger charge is 2.65. The average molecular weight is 386 g/mol. The Morgan fingerprint density at radius 2 is 2.00 bits per heavy atom. The van der Waals surface area contributed by atoms with Gasteiger partial charge >= 0.3 is 0 Å². The molecule has 0 aromatic heterocycles. The molecule has 0 aliphatic carbocycles. The maximum Gasteiger partial charge on any atom is 0.0935 e. The van der Waals surface area contributed by atoms with Crippen molar-refractivity contribution in [3.63, 3.8) is 0 Å². The predicted octanol–water partition coefficient (Wildman–Crippen LogP) is 4.35. The zero-order chi connectivity index (χ0) is 14.4. The van der Waals surface area contributed by atoms with Crippen molar-refractivity contribution >= 4 is 22.6 Å². The van der Waals surface area contributed by atoms with Gasteiger partial charge in [0.05, 0.1) is 23.9 Å². The summed E-state index contributed by atoms with van der Waals surface area (Å²) in [5.41, 5.74) is 1.14. The summed E-state index contributed by atoms with van der Waals surface area (Å²) in [5, 5.41) is 0. The summed E-state index contributed by atoms with van der Waals surface area (Å²) in [6.07, 6.45) is 2.35. The third-order valence-electron chi connectivity index (χ3n) is 4.99. The van der Waals surface area contributed by atoms with Gasteiger partial charge in [-0.2, -0.15) is 0 Å². The van der Waals surface area contributed by atoms with Crippen LogP contribution in [0.2, 0.25) is 0 Å². The van der Waals surface area contributed by atoms with Crippen molar-refractivity contribution in [2.75, 3.05) is 0 Å². The first-order valence-electron chi connectivity index (χ1n) is 7.46. The number of rotatable bonds is 4. The molecule has 2 bridgehead atoms. The van der Waals surface area contributed by atoms with Crippen molar-refractivity contribution in [2.24, 2.45) is 5.92 Å². The first kappa shape index (κ1) is 14.8. The van der Waals surface area contributed by atoms with Crippen LogP contribution in [0.4, 0.5) is 0 Å². The zero-order valence-electron chi connectivity index (χ0n) is 12.4. The van der Waals surface area contributed by atoms with E-state index in [0.29, 0.717) is 16.4 Å². The van der Waals surface area contributed by atoms with Crippen molar-refractivity contribution in [2.45, 2.75) is 61.5 Å². The molecule has 1 aromatic carbocycles. The maximum absolute atomic E-state index is 6.49. The molecule has 0 N–H and O–H groups in total. The number of fused-ring (bicyclic) bond motifs is 2. The Hall–Kier alpha value is -0.130. The number of benzene rings is 1. The lowest BCUT2D eigenvalue weighted by Crippen LogP contribution is -2.44. The molecule has 2 aliphatic heterocycles. The van der Waals surface area contributed by atoms with Gasteiger partial charge in [0.15, 0.2) is 0 Å². The summed E-state index contributed by atoms with van der Waals surface area (Å²) in [6, 6.07) is 10.4. The summed E-state index contributed by atoms with van der Waals surface area (Å²) in [6.45, 7) is 7.46. The SMILES string of the molecule is CC(C)[C@]12C[C@@H](OCc3ccccc3)[C@](C)(C[C@@H]1I)O2. The Kier molecular flexibility index (Phi) is 3.89. The lowest BCUT2D eigenvalue weighted by atomic mass is 9.75.